The predicted octanol–water partition coefficient (Wildman–Crippen LogP) is 10.3. The average Bonchev–Trinajstić information content (AvgIpc) is 3.28. The molecule has 6 unspecified atom stereocenters. The summed E-state index contributed by atoms with van der Waals surface area (Å²) in [7, 11) is -5.13. The van der Waals surface area contributed by atoms with Gasteiger partial charge in [-0.2, -0.15) is 0 Å². The molecule has 13 nitrogen and oxygen atoms in total. The molecule has 0 amide bonds. The van der Waals surface area contributed by atoms with Crippen LogP contribution in [0, 0.1) is 0 Å². The van der Waals surface area contributed by atoms with Crippen LogP contribution in [0.4, 0.5) is 0 Å². The third kappa shape index (κ3) is 31.7. The number of esters is 2. The van der Waals surface area contributed by atoms with Crippen LogP contribution in [0.25, 0.3) is 0 Å². The summed E-state index contributed by atoms with van der Waals surface area (Å²) in [5.41, 5.74) is 0. The number of hydrogen-bond acceptors (Lipinski definition) is 12. The summed E-state index contributed by atoms with van der Waals surface area (Å²) in [5, 5.41) is 50.2. The van der Waals surface area contributed by atoms with Crippen molar-refractivity contribution in [3.8, 4) is 0 Å². The van der Waals surface area contributed by atoms with Crippen molar-refractivity contribution in [1.29, 1.82) is 0 Å². The van der Waals surface area contributed by atoms with Crippen molar-refractivity contribution in [2.24, 2.45) is 0 Å². The first-order chi connectivity index (χ1) is 30.9. The minimum Gasteiger partial charge on any atom is -0.462 e. The Hall–Kier alpha value is -2.19. The third-order valence-corrected chi connectivity index (χ3v) is 12.4. The molecule has 0 bridgehead atoms. The van der Waals surface area contributed by atoms with Crippen LogP contribution in [0.5, 0.6) is 0 Å². The molecule has 1 saturated carbocycles. The van der Waals surface area contributed by atoms with Gasteiger partial charge in [-0.15, -0.1) is 0 Å². The molecule has 0 aromatic rings. The second kappa shape index (κ2) is 39.9. The number of unbranched alkanes of at least 4 members (excludes halogenated alkanes) is 21. The second-order valence-corrected chi connectivity index (χ2v) is 18.7. The van der Waals surface area contributed by atoms with Gasteiger partial charge in [0.25, 0.3) is 0 Å². The normalized spacial score (nSPS) is 21.9. The van der Waals surface area contributed by atoms with E-state index in [1.165, 1.54) is 109 Å². The van der Waals surface area contributed by atoms with Gasteiger partial charge in [-0.25, -0.2) is 4.57 Å². The van der Waals surface area contributed by atoms with Gasteiger partial charge >= 0.3 is 19.8 Å². The lowest BCUT2D eigenvalue weighted by Gasteiger charge is -2.41. The van der Waals surface area contributed by atoms with Gasteiger partial charge in [-0.1, -0.05) is 184 Å². The van der Waals surface area contributed by atoms with Gasteiger partial charge in [-0.3, -0.25) is 18.6 Å². The molecule has 0 saturated heterocycles. The van der Waals surface area contributed by atoms with E-state index in [0.717, 1.165) is 44.9 Å². The van der Waals surface area contributed by atoms with E-state index >= 15 is 0 Å². The number of ether oxygens (including phenoxy) is 2. The van der Waals surface area contributed by atoms with Gasteiger partial charge in [0.2, 0.25) is 0 Å². The fourth-order valence-corrected chi connectivity index (χ4v) is 8.37. The summed E-state index contributed by atoms with van der Waals surface area (Å²) in [5.74, 6) is -1.16. The highest BCUT2D eigenvalue weighted by Crippen LogP contribution is 2.47. The van der Waals surface area contributed by atoms with Crippen LogP contribution in [0.15, 0.2) is 48.6 Å². The van der Waals surface area contributed by atoms with Crippen LogP contribution in [-0.4, -0.2) is 98.3 Å². The zero-order valence-corrected chi connectivity index (χ0v) is 40.5. The SMILES string of the molecule is CCCCCCCCC/C=C/C/C=C/C/C=C/C/C=C/CCCC(=O)O[C@H](COC(=O)CCCCCCCCCCCCCCCC)COP(=O)(O)OC1C(O)C(O)C(O)[C@@H](O)C1O. The number of allylic oxidation sites excluding steroid dienone is 8. The van der Waals surface area contributed by atoms with Crippen molar-refractivity contribution >= 4 is 19.8 Å². The van der Waals surface area contributed by atoms with Crippen molar-refractivity contribution in [1.82, 2.24) is 0 Å². The van der Waals surface area contributed by atoms with Gasteiger partial charge < -0.3 is 39.9 Å². The number of phosphoric ester groups is 1. The van der Waals surface area contributed by atoms with Crippen LogP contribution >= 0.6 is 7.82 Å². The van der Waals surface area contributed by atoms with E-state index in [0.29, 0.717) is 19.3 Å². The Morgan fingerprint density at radius 1 is 0.484 bits per heavy atom. The Labute approximate surface area is 386 Å². The summed E-state index contributed by atoms with van der Waals surface area (Å²) in [4.78, 5) is 35.7. The highest BCUT2D eigenvalue weighted by Gasteiger charge is 2.51. The number of aliphatic hydroxyl groups excluding tert-OH is 5. The van der Waals surface area contributed by atoms with Gasteiger partial charge in [0.05, 0.1) is 6.61 Å². The van der Waals surface area contributed by atoms with Crippen LogP contribution in [0.1, 0.15) is 200 Å². The lowest BCUT2D eigenvalue weighted by atomic mass is 9.85. The summed E-state index contributed by atoms with van der Waals surface area (Å²) in [6, 6.07) is 0. The van der Waals surface area contributed by atoms with E-state index in [9.17, 15) is 44.6 Å². The van der Waals surface area contributed by atoms with E-state index < -0.39 is 75.7 Å². The maximum atomic E-state index is 12.8. The van der Waals surface area contributed by atoms with Crippen LogP contribution in [0.3, 0.4) is 0 Å². The molecule has 1 fully saturated rings. The first kappa shape index (κ1) is 59.8. The zero-order valence-electron chi connectivity index (χ0n) is 39.6. The van der Waals surface area contributed by atoms with E-state index in [1.54, 1.807) is 0 Å². The van der Waals surface area contributed by atoms with Crippen molar-refractivity contribution in [2.75, 3.05) is 13.2 Å². The average molecular weight is 929 g/mol. The van der Waals surface area contributed by atoms with E-state index in [2.05, 4.69) is 50.3 Å². The summed E-state index contributed by atoms with van der Waals surface area (Å²) < 4.78 is 33.5. The Balaban J connectivity index is 2.47. The molecule has 0 aromatic heterocycles. The standard InChI is InChI=1S/C50H89O13P/c1-3-5-7-9-11-13-15-17-19-20-21-22-23-24-25-27-29-31-33-35-37-39-44(52)62-42(41-61-64(58,59)63-50-48(56)46(54)45(53)47(55)49(50)57)40-60-43(51)38-36-34-32-30-28-26-18-16-14-12-10-8-6-4-2/h19-20,22-23,25,27,31,33,42,45-50,53-57H,3-18,21,24,26,28-30,32,34-41H2,1-2H3,(H,58,59)/b20-19+,23-22+,27-25+,33-31+/t42-,45?,46-,47?,48?,49?,50?/m1/s1. The molecule has 0 aromatic carbocycles. The number of hydrogen-bond donors (Lipinski definition) is 6. The molecular weight excluding hydrogens is 840 g/mol. The molecule has 1 aliphatic carbocycles. The minimum atomic E-state index is -5.13. The molecule has 1 aliphatic rings. The Kier molecular flexibility index (Phi) is 37.3. The second-order valence-electron chi connectivity index (χ2n) is 17.3. The van der Waals surface area contributed by atoms with Crippen LogP contribution in [0.2, 0.25) is 0 Å². The first-order valence-electron chi connectivity index (χ1n) is 24.9. The predicted molar refractivity (Wildman–Crippen MR) is 253 cm³/mol. The van der Waals surface area contributed by atoms with E-state index in [-0.39, 0.29) is 12.8 Å². The molecule has 6 N–H and O–H groups in total. The fraction of sp³-hybridized carbons (Fsp3) is 0.800. The zero-order chi connectivity index (χ0) is 47.1. The fourth-order valence-electron chi connectivity index (χ4n) is 7.40. The maximum absolute atomic E-state index is 12.8. The van der Waals surface area contributed by atoms with Gasteiger partial charge in [-0.05, 0) is 51.4 Å². The van der Waals surface area contributed by atoms with Crippen molar-refractivity contribution in [3.63, 3.8) is 0 Å². The molecule has 0 heterocycles. The van der Waals surface area contributed by atoms with E-state index in [1.807, 2.05) is 12.2 Å². The number of carbonyl (C=O) groups is 2. The third-order valence-electron chi connectivity index (χ3n) is 11.4. The van der Waals surface area contributed by atoms with Crippen molar-refractivity contribution in [2.45, 2.75) is 243 Å². The lowest BCUT2D eigenvalue weighted by Crippen LogP contribution is -2.64. The van der Waals surface area contributed by atoms with Gasteiger partial charge in [0.15, 0.2) is 6.10 Å². The van der Waals surface area contributed by atoms with Gasteiger partial charge in [0.1, 0.15) is 43.2 Å². The molecule has 8 atom stereocenters. The topological polar surface area (TPSA) is 210 Å². The lowest BCUT2D eigenvalue weighted by molar-refractivity contribution is -0.220. The molecule has 1 rings (SSSR count). The van der Waals surface area contributed by atoms with Crippen LogP contribution in [-0.2, 0) is 32.7 Å². The minimum absolute atomic E-state index is 0.0216. The van der Waals surface area contributed by atoms with E-state index in [4.69, 9.17) is 18.5 Å². The molecular formula is C50H89O13P. The largest absolute Gasteiger partial charge is 0.472 e. The number of carbonyl (C=O) groups excluding carboxylic acids is 2. The molecule has 372 valence electrons. The Morgan fingerprint density at radius 2 is 0.859 bits per heavy atom. The quantitative estimate of drug-likeness (QED) is 0.0146. The molecule has 14 heteroatoms. The number of rotatable bonds is 41. The van der Waals surface area contributed by atoms with Crippen molar-refractivity contribution in [3.05, 3.63) is 48.6 Å². The first-order valence-corrected chi connectivity index (χ1v) is 26.4. The molecule has 0 radical (unpaired) electrons. The highest BCUT2D eigenvalue weighted by molar-refractivity contribution is 7.47. The monoisotopic (exact) mass is 929 g/mol. The Bertz CT molecular complexity index is 1300. The van der Waals surface area contributed by atoms with Crippen molar-refractivity contribution < 1.29 is 63.1 Å². The maximum Gasteiger partial charge on any atom is 0.472 e. The highest BCUT2D eigenvalue weighted by atomic mass is 31.2. The molecule has 0 aliphatic heterocycles. The number of aliphatic hydroxyl groups is 5. The smallest absolute Gasteiger partial charge is 0.462 e. The molecule has 0 spiro atoms. The summed E-state index contributed by atoms with van der Waals surface area (Å²) >= 11 is 0. The summed E-state index contributed by atoms with van der Waals surface area (Å²) in [6.07, 6.45) is 34.6. The van der Waals surface area contributed by atoms with Gasteiger partial charge in [0, 0.05) is 12.8 Å². The Morgan fingerprint density at radius 3 is 1.33 bits per heavy atom. The summed E-state index contributed by atoms with van der Waals surface area (Å²) in [6.45, 7) is 3.26. The van der Waals surface area contributed by atoms with Crippen LogP contribution < -0.4 is 0 Å². The number of phosphoric acid groups is 1. The molecule has 64 heavy (non-hydrogen) atoms.